The Morgan fingerprint density at radius 3 is 2.56 bits per heavy atom. The Kier molecular flexibility index (Phi) is 6.42. The molecule has 4 rings (SSSR count). The molecule has 0 radical (unpaired) electrons. The fourth-order valence-corrected chi connectivity index (χ4v) is 3.74. The van der Waals surface area contributed by atoms with Gasteiger partial charge in [-0.2, -0.15) is 10.4 Å². The molecular weight excluding hydrogens is 428 g/mol. The number of carbonyl (C=O) groups is 2. The van der Waals surface area contributed by atoms with Crippen molar-refractivity contribution in [2.24, 2.45) is 0 Å². The summed E-state index contributed by atoms with van der Waals surface area (Å²) in [5.41, 5.74) is 3.61. The van der Waals surface area contributed by atoms with E-state index in [2.05, 4.69) is 0 Å². The van der Waals surface area contributed by atoms with Crippen molar-refractivity contribution in [3.8, 4) is 28.8 Å². The normalized spacial score (nSPS) is 15.1. The summed E-state index contributed by atoms with van der Waals surface area (Å²) < 4.78 is 7.54. The summed E-state index contributed by atoms with van der Waals surface area (Å²) in [5, 5.41) is 14.3. The summed E-state index contributed by atoms with van der Waals surface area (Å²) in [4.78, 5) is 26.3. The van der Waals surface area contributed by atoms with Crippen molar-refractivity contribution in [1.29, 1.82) is 5.26 Å². The fourth-order valence-electron chi connectivity index (χ4n) is 3.74. The van der Waals surface area contributed by atoms with Gasteiger partial charge >= 0.3 is 0 Å². The molecule has 7 nitrogen and oxygen atoms in total. The highest BCUT2D eigenvalue weighted by atomic mass is 16.5. The van der Waals surface area contributed by atoms with Crippen LogP contribution in [0.2, 0.25) is 0 Å². The van der Waals surface area contributed by atoms with E-state index in [0.717, 1.165) is 28.3 Å². The van der Waals surface area contributed by atoms with Gasteiger partial charge in [0.25, 0.3) is 11.8 Å². The third kappa shape index (κ3) is 4.26. The number of hydrogen-bond acceptors (Lipinski definition) is 5. The molecule has 0 fully saturated rings. The van der Waals surface area contributed by atoms with Gasteiger partial charge in [0.15, 0.2) is 0 Å². The summed E-state index contributed by atoms with van der Waals surface area (Å²) in [7, 11) is 1.38. The van der Waals surface area contributed by atoms with Crippen molar-refractivity contribution in [3.05, 3.63) is 83.1 Å². The van der Waals surface area contributed by atoms with Gasteiger partial charge < -0.3 is 4.74 Å². The topological polar surface area (TPSA) is 88.2 Å². The molecule has 0 N–H and O–H groups in total. The molecule has 7 heteroatoms. The number of hydrogen-bond donors (Lipinski definition) is 0. The molecule has 170 valence electrons. The van der Waals surface area contributed by atoms with Crippen LogP contribution >= 0.6 is 0 Å². The van der Waals surface area contributed by atoms with Crippen molar-refractivity contribution in [2.75, 3.05) is 13.7 Å². The average molecular weight is 453 g/mol. The second-order valence-corrected chi connectivity index (χ2v) is 7.93. The Hall–Kier alpha value is -4.44. The first kappa shape index (κ1) is 22.7. The van der Waals surface area contributed by atoms with Crippen LogP contribution in [0, 0.1) is 11.3 Å². The van der Waals surface area contributed by atoms with Crippen LogP contribution in [0.5, 0.6) is 5.75 Å². The van der Waals surface area contributed by atoms with Crippen molar-refractivity contribution in [2.45, 2.75) is 20.3 Å². The minimum atomic E-state index is -0.594. The standard InChI is InChI=1S/C27H24N4O3/c1-4-13-34-22-12-8-9-19(14-22)25-20(17-31(29-25)21-10-6-5-7-11-21)15-23-18(2)24(16-28)27(33)30(3)26(23)32/h5-12,14-15,17H,4,13H2,1-3H3/b23-15+. The number of nitrogens with zero attached hydrogens (tertiary/aromatic N) is 4. The molecular formula is C27H24N4O3. The maximum absolute atomic E-state index is 13.0. The maximum Gasteiger partial charge on any atom is 0.271 e. The third-order valence-corrected chi connectivity index (χ3v) is 5.59. The lowest BCUT2D eigenvalue weighted by Crippen LogP contribution is -2.39. The van der Waals surface area contributed by atoms with E-state index in [4.69, 9.17) is 9.84 Å². The van der Waals surface area contributed by atoms with E-state index in [9.17, 15) is 14.9 Å². The summed E-state index contributed by atoms with van der Waals surface area (Å²) >= 11 is 0. The number of ether oxygens (including phenoxy) is 1. The number of benzene rings is 2. The zero-order valence-corrected chi connectivity index (χ0v) is 19.3. The highest BCUT2D eigenvalue weighted by Gasteiger charge is 2.33. The molecule has 2 heterocycles. The molecule has 1 aromatic heterocycles. The van der Waals surface area contributed by atoms with Crippen LogP contribution in [0.3, 0.4) is 0 Å². The summed E-state index contributed by atoms with van der Waals surface area (Å²) in [5.74, 6) is -0.322. The predicted octanol–water partition coefficient (Wildman–Crippen LogP) is 4.55. The Labute approximate surface area is 198 Å². The Morgan fingerprint density at radius 2 is 1.85 bits per heavy atom. The number of amides is 2. The zero-order chi connectivity index (χ0) is 24.2. The Balaban J connectivity index is 1.90. The van der Waals surface area contributed by atoms with E-state index >= 15 is 0 Å². The summed E-state index contributed by atoms with van der Waals surface area (Å²) in [6.45, 7) is 4.27. The number of para-hydroxylation sites is 1. The minimum absolute atomic E-state index is 0.0414. The molecule has 0 saturated carbocycles. The predicted molar refractivity (Wildman–Crippen MR) is 129 cm³/mol. The second kappa shape index (κ2) is 9.59. The van der Waals surface area contributed by atoms with Crippen molar-refractivity contribution >= 4 is 17.9 Å². The van der Waals surface area contributed by atoms with Gasteiger partial charge in [-0.1, -0.05) is 37.3 Å². The second-order valence-electron chi connectivity index (χ2n) is 7.93. The Bertz CT molecular complexity index is 1360. The fraction of sp³-hybridized carbons (Fsp3) is 0.185. The number of aromatic nitrogens is 2. The van der Waals surface area contributed by atoms with Gasteiger partial charge in [0.05, 0.1) is 12.3 Å². The van der Waals surface area contributed by atoms with Crippen LogP contribution in [-0.4, -0.2) is 40.1 Å². The first-order valence-electron chi connectivity index (χ1n) is 11.0. The molecule has 3 aromatic rings. The quantitative estimate of drug-likeness (QED) is 0.404. The van der Waals surface area contributed by atoms with E-state index in [1.165, 1.54) is 7.05 Å². The number of carbonyl (C=O) groups excluding carboxylic acids is 2. The highest BCUT2D eigenvalue weighted by Crippen LogP contribution is 2.32. The summed E-state index contributed by atoms with van der Waals surface area (Å²) in [6, 6.07) is 19.2. The van der Waals surface area contributed by atoms with E-state index < -0.39 is 11.8 Å². The van der Waals surface area contributed by atoms with Gasteiger partial charge in [-0.15, -0.1) is 0 Å². The van der Waals surface area contributed by atoms with Crippen LogP contribution < -0.4 is 4.74 Å². The van der Waals surface area contributed by atoms with Crippen molar-refractivity contribution < 1.29 is 14.3 Å². The van der Waals surface area contributed by atoms with E-state index in [-0.39, 0.29) is 11.1 Å². The largest absolute Gasteiger partial charge is 0.494 e. The lowest BCUT2D eigenvalue weighted by Gasteiger charge is -2.23. The molecule has 1 aliphatic rings. The SMILES string of the molecule is CCCOc1cccc(-c2nn(-c3ccccc3)cc2/C=C2/C(=O)N(C)C(=O)C(C#N)=C2C)c1. The monoisotopic (exact) mass is 452 g/mol. The number of imide groups is 1. The van der Waals surface area contributed by atoms with Gasteiger partial charge in [0.1, 0.15) is 23.1 Å². The molecule has 0 bridgehead atoms. The lowest BCUT2D eigenvalue weighted by molar-refractivity contribution is -0.138. The number of rotatable bonds is 6. The van der Waals surface area contributed by atoms with Gasteiger partial charge in [0.2, 0.25) is 0 Å². The smallest absolute Gasteiger partial charge is 0.271 e. The Morgan fingerprint density at radius 1 is 1.09 bits per heavy atom. The van der Waals surface area contributed by atoms with E-state index in [1.54, 1.807) is 17.7 Å². The van der Waals surface area contributed by atoms with Gasteiger partial charge in [0, 0.05) is 29.9 Å². The molecule has 0 saturated heterocycles. The maximum atomic E-state index is 13.0. The van der Waals surface area contributed by atoms with Crippen molar-refractivity contribution in [1.82, 2.24) is 14.7 Å². The average Bonchev–Trinajstić information content (AvgIpc) is 3.29. The molecule has 2 aromatic carbocycles. The van der Waals surface area contributed by atoms with Crippen LogP contribution in [0.15, 0.2) is 77.5 Å². The highest BCUT2D eigenvalue weighted by molar-refractivity contribution is 6.19. The molecule has 1 aliphatic heterocycles. The van der Waals surface area contributed by atoms with Crippen molar-refractivity contribution in [3.63, 3.8) is 0 Å². The van der Waals surface area contributed by atoms with Gasteiger partial charge in [-0.3, -0.25) is 14.5 Å². The zero-order valence-electron chi connectivity index (χ0n) is 19.3. The van der Waals surface area contributed by atoms with Gasteiger partial charge in [-0.05, 0) is 49.3 Å². The van der Waals surface area contributed by atoms with E-state index in [1.807, 2.05) is 73.8 Å². The third-order valence-electron chi connectivity index (χ3n) is 5.59. The van der Waals surface area contributed by atoms with Crippen LogP contribution in [0.25, 0.3) is 23.0 Å². The molecule has 0 spiro atoms. The van der Waals surface area contributed by atoms with Crippen LogP contribution in [0.4, 0.5) is 0 Å². The van der Waals surface area contributed by atoms with Crippen LogP contribution in [-0.2, 0) is 9.59 Å². The molecule has 0 unspecified atom stereocenters. The number of nitriles is 1. The molecule has 2 amide bonds. The van der Waals surface area contributed by atoms with Crippen LogP contribution in [0.1, 0.15) is 25.8 Å². The van der Waals surface area contributed by atoms with Gasteiger partial charge in [-0.25, -0.2) is 4.68 Å². The molecule has 34 heavy (non-hydrogen) atoms. The first-order valence-corrected chi connectivity index (χ1v) is 11.0. The minimum Gasteiger partial charge on any atom is -0.494 e. The first-order chi connectivity index (χ1) is 16.4. The molecule has 0 aliphatic carbocycles. The molecule has 0 atom stereocenters. The lowest BCUT2D eigenvalue weighted by atomic mass is 9.93. The van der Waals surface area contributed by atoms with E-state index in [0.29, 0.717) is 23.4 Å². The number of likely N-dealkylation sites (N-methyl/N-ethyl adjacent to an activating group) is 1. The summed E-state index contributed by atoms with van der Waals surface area (Å²) in [6.07, 6.45) is 4.42.